The van der Waals surface area contributed by atoms with Gasteiger partial charge in [0.05, 0.1) is 0 Å². The van der Waals surface area contributed by atoms with Gasteiger partial charge >= 0.3 is 5.97 Å². The van der Waals surface area contributed by atoms with Gasteiger partial charge < -0.3 is 10.4 Å². The number of nitrogens with zero attached hydrogens (tertiary/aromatic N) is 2. The summed E-state index contributed by atoms with van der Waals surface area (Å²) < 4.78 is 0. The zero-order chi connectivity index (χ0) is 12.8. The molecule has 17 heavy (non-hydrogen) atoms. The van der Waals surface area contributed by atoms with E-state index in [9.17, 15) is 9.59 Å². The summed E-state index contributed by atoms with van der Waals surface area (Å²) in [7, 11) is 0. The van der Waals surface area contributed by atoms with Crippen molar-refractivity contribution in [1.29, 1.82) is 0 Å². The maximum atomic E-state index is 11.7. The number of hydrogen-bond acceptors (Lipinski definition) is 4. The fourth-order valence-corrected chi connectivity index (χ4v) is 1.39. The predicted octanol–water partition coefficient (Wildman–Crippen LogP) is 1.55. The number of anilines is 1. The van der Waals surface area contributed by atoms with Crippen LogP contribution in [-0.4, -0.2) is 27.0 Å². The van der Waals surface area contributed by atoms with E-state index in [1.54, 1.807) is 6.92 Å². The standard InChI is InChI=1S/C11H15N3O3/c1-3-4-7(2)10(15)14-9-8(11(16)17)12-5-6-13-9/h5-7H,3-4H2,1-2H3,(H,16,17)(H,13,14,15). The van der Waals surface area contributed by atoms with Crippen LogP contribution in [0.5, 0.6) is 0 Å². The number of carbonyl (C=O) groups is 2. The monoisotopic (exact) mass is 237 g/mol. The van der Waals surface area contributed by atoms with Crippen LogP contribution in [0, 0.1) is 5.92 Å². The molecule has 0 saturated heterocycles. The lowest BCUT2D eigenvalue weighted by Gasteiger charge is -2.11. The molecular weight excluding hydrogens is 222 g/mol. The van der Waals surface area contributed by atoms with Crippen molar-refractivity contribution in [2.24, 2.45) is 5.92 Å². The van der Waals surface area contributed by atoms with Gasteiger partial charge in [-0.3, -0.25) is 4.79 Å². The van der Waals surface area contributed by atoms with Gasteiger partial charge in [0.25, 0.3) is 0 Å². The third kappa shape index (κ3) is 3.51. The van der Waals surface area contributed by atoms with Crippen LogP contribution in [-0.2, 0) is 4.79 Å². The van der Waals surface area contributed by atoms with Crippen molar-refractivity contribution in [2.75, 3.05) is 5.32 Å². The molecular formula is C11H15N3O3. The molecule has 0 fully saturated rings. The first kappa shape index (κ1) is 13.1. The lowest BCUT2D eigenvalue weighted by Crippen LogP contribution is -2.22. The predicted molar refractivity (Wildman–Crippen MR) is 61.7 cm³/mol. The van der Waals surface area contributed by atoms with Crippen molar-refractivity contribution in [1.82, 2.24) is 9.97 Å². The molecule has 0 aromatic carbocycles. The fourth-order valence-electron chi connectivity index (χ4n) is 1.39. The maximum absolute atomic E-state index is 11.7. The first-order valence-corrected chi connectivity index (χ1v) is 5.41. The fraction of sp³-hybridized carbons (Fsp3) is 0.455. The Labute approximate surface area is 99.1 Å². The second-order valence-electron chi connectivity index (χ2n) is 3.74. The number of aromatic carboxylic acids is 1. The molecule has 2 N–H and O–H groups in total. The number of hydrogen-bond donors (Lipinski definition) is 2. The summed E-state index contributed by atoms with van der Waals surface area (Å²) in [6.07, 6.45) is 4.25. The molecule has 1 amide bonds. The van der Waals surface area contributed by atoms with E-state index in [1.807, 2.05) is 6.92 Å². The highest BCUT2D eigenvalue weighted by molar-refractivity contribution is 5.98. The summed E-state index contributed by atoms with van der Waals surface area (Å²) in [6, 6.07) is 0. The average molecular weight is 237 g/mol. The lowest BCUT2D eigenvalue weighted by molar-refractivity contribution is -0.119. The minimum Gasteiger partial charge on any atom is -0.476 e. The van der Waals surface area contributed by atoms with E-state index in [0.717, 1.165) is 12.8 Å². The van der Waals surface area contributed by atoms with Crippen LogP contribution in [0.3, 0.4) is 0 Å². The molecule has 0 radical (unpaired) electrons. The van der Waals surface area contributed by atoms with Gasteiger partial charge in [0.1, 0.15) is 0 Å². The Kier molecular flexibility index (Phi) is 4.56. The Morgan fingerprint density at radius 2 is 2.06 bits per heavy atom. The SMILES string of the molecule is CCCC(C)C(=O)Nc1nccnc1C(=O)O. The quantitative estimate of drug-likeness (QED) is 0.810. The zero-order valence-corrected chi connectivity index (χ0v) is 9.80. The Balaban J connectivity index is 2.81. The van der Waals surface area contributed by atoms with E-state index in [4.69, 9.17) is 5.11 Å². The average Bonchev–Trinajstić information content (AvgIpc) is 2.29. The molecule has 6 heteroatoms. The molecule has 1 unspecified atom stereocenters. The summed E-state index contributed by atoms with van der Waals surface area (Å²) in [5, 5.41) is 11.3. The highest BCUT2D eigenvalue weighted by Gasteiger charge is 2.18. The maximum Gasteiger partial charge on any atom is 0.358 e. The third-order valence-corrected chi connectivity index (χ3v) is 2.31. The normalized spacial score (nSPS) is 11.9. The minimum atomic E-state index is -1.21. The Hall–Kier alpha value is -1.98. The van der Waals surface area contributed by atoms with Crippen molar-refractivity contribution in [3.05, 3.63) is 18.1 Å². The minimum absolute atomic E-state index is 0.00652. The highest BCUT2D eigenvalue weighted by atomic mass is 16.4. The first-order valence-electron chi connectivity index (χ1n) is 5.41. The van der Waals surface area contributed by atoms with Gasteiger partial charge in [-0.15, -0.1) is 0 Å². The van der Waals surface area contributed by atoms with Gasteiger partial charge in [0.15, 0.2) is 11.5 Å². The molecule has 1 aromatic heterocycles. The molecule has 1 atom stereocenters. The molecule has 0 aliphatic heterocycles. The molecule has 0 aliphatic carbocycles. The molecule has 0 aliphatic rings. The van der Waals surface area contributed by atoms with E-state index in [2.05, 4.69) is 15.3 Å². The number of carboxylic acids is 1. The lowest BCUT2D eigenvalue weighted by atomic mass is 10.1. The summed E-state index contributed by atoms with van der Waals surface area (Å²) >= 11 is 0. The Morgan fingerprint density at radius 1 is 1.41 bits per heavy atom. The van der Waals surface area contributed by atoms with Gasteiger partial charge in [-0.25, -0.2) is 14.8 Å². The van der Waals surface area contributed by atoms with Crippen LogP contribution in [0.25, 0.3) is 0 Å². The van der Waals surface area contributed by atoms with E-state index < -0.39 is 5.97 Å². The van der Waals surface area contributed by atoms with Crippen LogP contribution in [0.15, 0.2) is 12.4 Å². The van der Waals surface area contributed by atoms with Gasteiger partial charge in [0, 0.05) is 18.3 Å². The van der Waals surface area contributed by atoms with Gasteiger partial charge in [0.2, 0.25) is 5.91 Å². The summed E-state index contributed by atoms with van der Waals surface area (Å²) in [4.78, 5) is 30.0. The number of carbonyl (C=O) groups excluding carboxylic acids is 1. The van der Waals surface area contributed by atoms with Crippen LogP contribution in [0.4, 0.5) is 5.82 Å². The molecule has 0 spiro atoms. The number of amides is 1. The Morgan fingerprint density at radius 3 is 2.65 bits per heavy atom. The second-order valence-corrected chi connectivity index (χ2v) is 3.74. The van der Waals surface area contributed by atoms with Crippen molar-refractivity contribution in [3.8, 4) is 0 Å². The molecule has 6 nitrogen and oxygen atoms in total. The number of nitrogens with one attached hydrogen (secondary N) is 1. The van der Waals surface area contributed by atoms with E-state index >= 15 is 0 Å². The largest absolute Gasteiger partial charge is 0.476 e. The van der Waals surface area contributed by atoms with Crippen LogP contribution in [0.1, 0.15) is 37.2 Å². The molecule has 0 bridgehead atoms. The number of carboxylic acid groups (broad SMARTS) is 1. The topological polar surface area (TPSA) is 92.2 Å². The molecule has 1 aromatic rings. The summed E-state index contributed by atoms with van der Waals surface area (Å²) in [5.74, 6) is -1.64. The molecule has 1 rings (SSSR count). The van der Waals surface area contributed by atoms with Crippen molar-refractivity contribution < 1.29 is 14.7 Å². The van der Waals surface area contributed by atoms with Gasteiger partial charge in [-0.05, 0) is 6.42 Å². The smallest absolute Gasteiger partial charge is 0.358 e. The number of rotatable bonds is 5. The van der Waals surface area contributed by atoms with E-state index in [-0.39, 0.29) is 23.3 Å². The zero-order valence-electron chi connectivity index (χ0n) is 9.80. The van der Waals surface area contributed by atoms with Crippen LogP contribution >= 0.6 is 0 Å². The second kappa shape index (κ2) is 5.93. The van der Waals surface area contributed by atoms with Gasteiger partial charge in [-0.2, -0.15) is 0 Å². The van der Waals surface area contributed by atoms with Crippen molar-refractivity contribution in [3.63, 3.8) is 0 Å². The molecule has 1 heterocycles. The third-order valence-electron chi connectivity index (χ3n) is 2.31. The first-order chi connectivity index (χ1) is 8.06. The molecule has 0 saturated carbocycles. The van der Waals surface area contributed by atoms with Crippen LogP contribution < -0.4 is 5.32 Å². The van der Waals surface area contributed by atoms with E-state index in [1.165, 1.54) is 12.4 Å². The Bertz CT molecular complexity index is 420. The van der Waals surface area contributed by atoms with Crippen molar-refractivity contribution >= 4 is 17.7 Å². The van der Waals surface area contributed by atoms with Gasteiger partial charge in [-0.1, -0.05) is 20.3 Å². The molecule has 92 valence electrons. The van der Waals surface area contributed by atoms with Crippen LogP contribution in [0.2, 0.25) is 0 Å². The summed E-state index contributed by atoms with van der Waals surface area (Å²) in [6.45, 7) is 3.77. The van der Waals surface area contributed by atoms with Crippen molar-refractivity contribution in [2.45, 2.75) is 26.7 Å². The number of aromatic nitrogens is 2. The summed E-state index contributed by atoms with van der Waals surface area (Å²) in [5.41, 5.74) is -0.246. The highest BCUT2D eigenvalue weighted by Crippen LogP contribution is 2.12. The van der Waals surface area contributed by atoms with E-state index in [0.29, 0.717) is 0 Å².